The van der Waals surface area contributed by atoms with Crippen LogP contribution in [0.25, 0.3) is 11.0 Å². The van der Waals surface area contributed by atoms with E-state index in [1.807, 2.05) is 50.8 Å². The summed E-state index contributed by atoms with van der Waals surface area (Å²) in [7, 11) is 0. The number of aromatic nitrogens is 3. The number of carbonyl (C=O) groups excluding carboxylic acids is 1. The maximum atomic E-state index is 14.2. The molecule has 1 amide bonds. The van der Waals surface area contributed by atoms with E-state index >= 15 is 0 Å². The second kappa shape index (κ2) is 12.4. The van der Waals surface area contributed by atoms with E-state index < -0.39 is 11.7 Å². The fourth-order valence-electron chi connectivity index (χ4n) is 5.35. The molecular formula is C32H38N6O6. The topological polar surface area (TPSA) is 153 Å². The van der Waals surface area contributed by atoms with E-state index in [0.29, 0.717) is 66.3 Å². The van der Waals surface area contributed by atoms with Crippen LogP contribution in [0.4, 0.5) is 33.5 Å². The summed E-state index contributed by atoms with van der Waals surface area (Å²) >= 11 is 0. The Morgan fingerprint density at radius 3 is 2.48 bits per heavy atom. The van der Waals surface area contributed by atoms with Crippen molar-refractivity contribution in [1.29, 1.82) is 0 Å². The largest absolute Gasteiger partial charge is 0.508 e. The molecule has 1 aliphatic heterocycles. The van der Waals surface area contributed by atoms with E-state index in [2.05, 4.69) is 15.3 Å². The zero-order valence-corrected chi connectivity index (χ0v) is 25.4. The number of unbranched alkanes of at least 4 members (excludes halogenated alkanes) is 2. The summed E-state index contributed by atoms with van der Waals surface area (Å²) in [5, 5.41) is 32.6. The van der Waals surface area contributed by atoms with E-state index in [4.69, 9.17) is 4.74 Å². The minimum atomic E-state index is -0.659. The van der Waals surface area contributed by atoms with Crippen molar-refractivity contribution in [3.63, 3.8) is 0 Å². The number of ether oxygens (including phenoxy) is 1. The molecule has 0 unspecified atom stereocenters. The number of amides is 1. The third-order valence-electron chi connectivity index (χ3n) is 7.24. The smallest absolute Gasteiger partial charge is 0.414 e. The molecule has 0 radical (unpaired) electrons. The Bertz CT molecular complexity index is 1730. The van der Waals surface area contributed by atoms with Gasteiger partial charge in [-0.15, -0.1) is 0 Å². The maximum Gasteiger partial charge on any atom is 0.414 e. The maximum absolute atomic E-state index is 14.2. The molecule has 0 bridgehead atoms. The summed E-state index contributed by atoms with van der Waals surface area (Å²) in [6.07, 6.45) is 3.17. The number of nitrogens with zero attached hydrogens (tertiary/aromatic N) is 5. The zero-order valence-electron chi connectivity index (χ0n) is 25.4. The van der Waals surface area contributed by atoms with Crippen LogP contribution in [-0.2, 0) is 11.3 Å². The standard InChI is InChI=1S/C32H38N6O6/c1-20-9-8-10-25-27(20)37(31(43)44-32(2,3)4)13-12-36(25)26-15-21-19-33-30(34-22-16-23(40)18-24(41)17-22)35-28(21)38(29(26)42)11-6-5-7-14-39/h8-10,15-19,39-41H,5-7,11-14H2,1-4H3,(H,33,34,35). The van der Waals surface area contributed by atoms with Crippen LogP contribution in [0, 0.1) is 6.92 Å². The van der Waals surface area contributed by atoms with Crippen LogP contribution in [0.5, 0.6) is 11.5 Å². The van der Waals surface area contributed by atoms with Gasteiger partial charge in [-0.3, -0.25) is 14.3 Å². The van der Waals surface area contributed by atoms with Crippen molar-refractivity contribution < 1.29 is 24.9 Å². The number of aliphatic hydroxyl groups excluding tert-OH is 1. The first kappa shape index (κ1) is 30.6. The predicted molar refractivity (Wildman–Crippen MR) is 170 cm³/mol. The highest BCUT2D eigenvalue weighted by atomic mass is 16.6. The van der Waals surface area contributed by atoms with E-state index in [1.165, 1.54) is 18.2 Å². The molecule has 2 aromatic carbocycles. The van der Waals surface area contributed by atoms with Gasteiger partial charge in [-0.2, -0.15) is 4.98 Å². The number of aliphatic hydroxyl groups is 1. The lowest BCUT2D eigenvalue weighted by molar-refractivity contribution is 0.0580. The number of anilines is 5. The van der Waals surface area contributed by atoms with E-state index in [9.17, 15) is 24.9 Å². The van der Waals surface area contributed by atoms with Crippen molar-refractivity contribution in [3.8, 4) is 11.5 Å². The number of fused-ring (bicyclic) bond motifs is 2. The number of benzene rings is 2. The third-order valence-corrected chi connectivity index (χ3v) is 7.24. The molecule has 0 spiro atoms. The first-order valence-corrected chi connectivity index (χ1v) is 14.6. The first-order valence-electron chi connectivity index (χ1n) is 14.6. The molecule has 4 aromatic rings. The van der Waals surface area contributed by atoms with Crippen molar-refractivity contribution in [3.05, 3.63) is 64.6 Å². The van der Waals surface area contributed by atoms with Crippen molar-refractivity contribution in [1.82, 2.24) is 14.5 Å². The Morgan fingerprint density at radius 2 is 1.77 bits per heavy atom. The van der Waals surface area contributed by atoms with Crippen molar-refractivity contribution in [2.75, 3.05) is 34.8 Å². The van der Waals surface area contributed by atoms with Gasteiger partial charge in [-0.05, 0) is 64.7 Å². The SMILES string of the molecule is Cc1cccc2c1N(C(=O)OC(C)(C)C)CCN2c1cc2cnc(Nc3cc(O)cc(O)c3)nc2n(CCCCCO)c1=O. The number of carbonyl (C=O) groups is 1. The second-order valence-electron chi connectivity index (χ2n) is 11.8. The summed E-state index contributed by atoms with van der Waals surface area (Å²) in [5.74, 6) is -0.0623. The van der Waals surface area contributed by atoms with Gasteiger partial charge in [-0.1, -0.05) is 12.1 Å². The molecular weight excluding hydrogens is 564 g/mol. The van der Waals surface area contributed by atoms with Crippen LogP contribution >= 0.6 is 0 Å². The lowest BCUT2D eigenvalue weighted by atomic mass is 10.1. The molecule has 1 aliphatic rings. The molecule has 2 aromatic heterocycles. The van der Waals surface area contributed by atoms with E-state index in [1.54, 1.807) is 21.7 Å². The molecule has 3 heterocycles. The Balaban J connectivity index is 1.58. The molecule has 0 atom stereocenters. The van der Waals surface area contributed by atoms with Crippen molar-refractivity contribution in [2.45, 2.75) is 59.1 Å². The lowest BCUT2D eigenvalue weighted by Crippen LogP contribution is -2.46. The minimum Gasteiger partial charge on any atom is -0.508 e. The van der Waals surface area contributed by atoms with Gasteiger partial charge in [0, 0.05) is 61.7 Å². The van der Waals surface area contributed by atoms with Crippen LogP contribution in [-0.4, -0.2) is 61.2 Å². The van der Waals surface area contributed by atoms with E-state index in [0.717, 1.165) is 12.0 Å². The van der Waals surface area contributed by atoms with E-state index in [-0.39, 0.29) is 29.6 Å². The zero-order chi connectivity index (χ0) is 31.6. The molecule has 12 heteroatoms. The number of hydrogen-bond donors (Lipinski definition) is 4. The summed E-state index contributed by atoms with van der Waals surface area (Å²) in [4.78, 5) is 40.0. The number of aryl methyl sites for hydroxylation is 2. The molecule has 0 fully saturated rings. The second-order valence-corrected chi connectivity index (χ2v) is 11.8. The molecule has 44 heavy (non-hydrogen) atoms. The number of rotatable bonds is 8. The fourth-order valence-corrected chi connectivity index (χ4v) is 5.35. The van der Waals surface area contributed by atoms with Gasteiger partial charge in [0.05, 0.1) is 11.4 Å². The van der Waals surface area contributed by atoms with Crippen LogP contribution in [0.15, 0.2) is 53.5 Å². The summed E-state index contributed by atoms with van der Waals surface area (Å²) in [6.45, 7) is 8.52. The number of nitrogens with one attached hydrogen (secondary N) is 1. The van der Waals surface area contributed by atoms with Crippen molar-refractivity contribution >= 4 is 45.8 Å². The highest BCUT2D eigenvalue weighted by molar-refractivity contribution is 5.97. The highest BCUT2D eigenvalue weighted by Crippen LogP contribution is 2.40. The number of phenols is 2. The lowest BCUT2D eigenvalue weighted by Gasteiger charge is -2.39. The molecule has 0 saturated carbocycles. The quantitative estimate of drug-likeness (QED) is 0.195. The molecule has 5 rings (SSSR count). The van der Waals surface area contributed by atoms with Gasteiger partial charge in [0.2, 0.25) is 5.95 Å². The first-order chi connectivity index (χ1) is 20.9. The Morgan fingerprint density at radius 1 is 1.02 bits per heavy atom. The van der Waals surface area contributed by atoms with Crippen LogP contribution in [0.2, 0.25) is 0 Å². The van der Waals surface area contributed by atoms with Gasteiger partial charge >= 0.3 is 6.09 Å². The molecule has 0 saturated heterocycles. The number of phenolic OH excluding ortho intramolecular Hbond substituents is 2. The van der Waals surface area contributed by atoms with Crippen LogP contribution < -0.4 is 20.7 Å². The normalized spacial score (nSPS) is 13.2. The van der Waals surface area contributed by atoms with Gasteiger partial charge in [0.15, 0.2) is 0 Å². The average Bonchev–Trinajstić information content (AvgIpc) is 2.94. The van der Waals surface area contributed by atoms with Gasteiger partial charge in [-0.25, -0.2) is 9.78 Å². The molecule has 0 aliphatic carbocycles. The number of pyridine rings is 1. The summed E-state index contributed by atoms with van der Waals surface area (Å²) in [5.41, 5.74) is 2.60. The Kier molecular flexibility index (Phi) is 8.63. The number of para-hydroxylation sites is 1. The molecule has 12 nitrogen and oxygen atoms in total. The van der Waals surface area contributed by atoms with Gasteiger partial charge in [0.1, 0.15) is 28.4 Å². The molecule has 4 N–H and O–H groups in total. The number of hydrogen-bond acceptors (Lipinski definition) is 10. The van der Waals surface area contributed by atoms with Gasteiger partial charge < -0.3 is 30.3 Å². The average molecular weight is 603 g/mol. The Labute approximate surface area is 255 Å². The van der Waals surface area contributed by atoms with Crippen LogP contribution in [0.3, 0.4) is 0 Å². The monoisotopic (exact) mass is 602 g/mol. The summed E-state index contributed by atoms with van der Waals surface area (Å²) < 4.78 is 7.31. The van der Waals surface area contributed by atoms with Crippen molar-refractivity contribution in [2.24, 2.45) is 0 Å². The number of aromatic hydroxyl groups is 2. The predicted octanol–water partition coefficient (Wildman–Crippen LogP) is 5.31. The van der Waals surface area contributed by atoms with Gasteiger partial charge in [0.25, 0.3) is 5.56 Å². The fraction of sp³-hybridized carbons (Fsp3) is 0.375. The highest BCUT2D eigenvalue weighted by Gasteiger charge is 2.33. The molecule has 232 valence electrons. The van der Waals surface area contributed by atoms with Crippen LogP contribution in [0.1, 0.15) is 45.6 Å². The minimum absolute atomic E-state index is 0.0702. The Hall–Kier alpha value is -4.84. The third kappa shape index (κ3) is 6.55. The summed E-state index contributed by atoms with van der Waals surface area (Å²) in [6, 6.07) is 11.5.